The zero-order chi connectivity index (χ0) is 13.0. The normalized spacial score (nSPS) is 23.1. The molecule has 0 N–H and O–H groups in total. The van der Waals surface area contributed by atoms with Gasteiger partial charge < -0.3 is 0 Å². The first-order valence-electron chi connectivity index (χ1n) is 5.56. The first-order chi connectivity index (χ1) is 8.60. The molecule has 4 heteroatoms. The number of nitro groups is 1. The van der Waals surface area contributed by atoms with E-state index in [2.05, 4.69) is 0 Å². The zero-order valence-corrected chi connectivity index (χ0v) is 9.62. The molecule has 0 amide bonds. The van der Waals surface area contributed by atoms with E-state index in [0.29, 0.717) is 0 Å². The fourth-order valence-corrected chi connectivity index (χ4v) is 1.64. The summed E-state index contributed by atoms with van der Waals surface area (Å²) in [7, 11) is 0. The third-order valence-electron chi connectivity index (χ3n) is 2.73. The number of rotatable bonds is 3. The van der Waals surface area contributed by atoms with Gasteiger partial charge in [0.2, 0.25) is 0 Å². The van der Waals surface area contributed by atoms with Crippen LogP contribution in [-0.4, -0.2) is 10.7 Å². The average Bonchev–Trinajstić information content (AvgIpc) is 2.39. The van der Waals surface area contributed by atoms with Crippen molar-refractivity contribution in [3.05, 3.63) is 75.9 Å². The van der Waals surface area contributed by atoms with E-state index in [0.717, 1.165) is 17.2 Å². The van der Waals surface area contributed by atoms with Gasteiger partial charge in [0, 0.05) is 6.08 Å². The molecule has 3 nitrogen and oxygen atoms in total. The van der Waals surface area contributed by atoms with E-state index in [1.807, 2.05) is 42.5 Å². The van der Waals surface area contributed by atoms with Crippen molar-refractivity contribution in [3.8, 4) is 0 Å². The molecule has 1 aromatic carbocycles. The second-order valence-corrected chi connectivity index (χ2v) is 4.06. The lowest BCUT2D eigenvalue weighted by molar-refractivity contribution is -0.588. The van der Waals surface area contributed by atoms with Crippen LogP contribution < -0.4 is 0 Å². The molecule has 0 heterocycles. The van der Waals surface area contributed by atoms with Gasteiger partial charge in [0.05, 0.1) is 11.3 Å². The quantitative estimate of drug-likeness (QED) is 0.464. The smallest absolute Gasteiger partial charge is 0.261 e. The highest BCUT2D eigenvalue weighted by atomic mass is 19.1. The van der Waals surface area contributed by atoms with E-state index in [9.17, 15) is 14.5 Å². The molecule has 18 heavy (non-hydrogen) atoms. The molecule has 0 fully saturated rings. The lowest BCUT2D eigenvalue weighted by Crippen LogP contribution is -2.31. The van der Waals surface area contributed by atoms with Crippen molar-refractivity contribution >= 4 is 6.08 Å². The molecule has 1 aromatic rings. The van der Waals surface area contributed by atoms with Crippen LogP contribution in [0.25, 0.3) is 6.08 Å². The van der Waals surface area contributed by atoms with Gasteiger partial charge in [-0.2, -0.15) is 4.39 Å². The Labute approximate surface area is 104 Å². The van der Waals surface area contributed by atoms with Crippen molar-refractivity contribution in [2.75, 3.05) is 0 Å². The lowest BCUT2D eigenvalue weighted by atomic mass is 10.0. The summed E-state index contributed by atoms with van der Waals surface area (Å²) in [6.45, 7) is 0. The Balaban J connectivity index is 2.07. The van der Waals surface area contributed by atoms with Gasteiger partial charge in [0.1, 0.15) is 0 Å². The fraction of sp³-hybridized carbons (Fsp3) is 0.143. The largest absolute Gasteiger partial charge is 0.381 e. The van der Waals surface area contributed by atoms with Crippen LogP contribution in [0.15, 0.2) is 60.2 Å². The summed E-state index contributed by atoms with van der Waals surface area (Å²) < 4.78 is 13.6. The monoisotopic (exact) mass is 245 g/mol. The van der Waals surface area contributed by atoms with Crippen LogP contribution in [-0.2, 0) is 0 Å². The van der Waals surface area contributed by atoms with Crippen LogP contribution in [0.1, 0.15) is 12.0 Å². The maximum atomic E-state index is 13.6. The maximum absolute atomic E-state index is 13.6. The molecule has 1 unspecified atom stereocenters. The predicted octanol–water partition coefficient (Wildman–Crippen LogP) is 3.53. The molecule has 0 aliphatic heterocycles. The summed E-state index contributed by atoms with van der Waals surface area (Å²) in [5.41, 5.74) is 1.80. The summed E-state index contributed by atoms with van der Waals surface area (Å²) in [5, 5.41) is 10.5. The number of nitrogens with zero attached hydrogens (tertiary/aromatic N) is 1. The number of allylic oxidation sites excluding steroid dienone is 3. The molecule has 0 bridgehead atoms. The van der Waals surface area contributed by atoms with E-state index in [1.54, 1.807) is 0 Å². The topological polar surface area (TPSA) is 43.1 Å². The maximum Gasteiger partial charge on any atom is 0.381 e. The molecule has 1 aliphatic carbocycles. The van der Waals surface area contributed by atoms with Crippen molar-refractivity contribution in [2.45, 2.75) is 12.2 Å². The molecule has 2 rings (SSSR count). The average molecular weight is 245 g/mol. The number of alkyl halides is 1. The van der Waals surface area contributed by atoms with Crippen LogP contribution in [0.5, 0.6) is 0 Å². The van der Waals surface area contributed by atoms with Gasteiger partial charge in [-0.05, 0) is 17.2 Å². The third kappa shape index (κ3) is 2.71. The molecule has 0 radical (unpaired) electrons. The molecule has 0 saturated heterocycles. The summed E-state index contributed by atoms with van der Waals surface area (Å²) in [4.78, 5) is 9.59. The highest BCUT2D eigenvalue weighted by molar-refractivity contribution is 5.55. The van der Waals surface area contributed by atoms with Crippen molar-refractivity contribution in [2.24, 2.45) is 0 Å². The Morgan fingerprint density at radius 2 is 2.00 bits per heavy atom. The van der Waals surface area contributed by atoms with Crippen molar-refractivity contribution < 1.29 is 9.31 Å². The van der Waals surface area contributed by atoms with Gasteiger partial charge in [-0.3, -0.25) is 10.1 Å². The highest BCUT2D eigenvalue weighted by Crippen LogP contribution is 2.26. The van der Waals surface area contributed by atoms with Crippen molar-refractivity contribution in [3.63, 3.8) is 0 Å². The third-order valence-corrected chi connectivity index (χ3v) is 2.73. The molecule has 1 aliphatic rings. The van der Waals surface area contributed by atoms with Crippen LogP contribution in [0.4, 0.5) is 4.39 Å². The standard InChI is InChI=1S/C14H12FNO2/c15-14(16(17)18)10-8-13(9-11-14)7-6-12-4-2-1-3-5-12/h1-10H,11H2. The fourth-order valence-electron chi connectivity index (χ4n) is 1.64. The molecule has 0 spiro atoms. The predicted molar refractivity (Wildman–Crippen MR) is 68.1 cm³/mol. The Bertz CT molecular complexity index is 534. The Kier molecular flexibility index (Phi) is 3.37. The van der Waals surface area contributed by atoms with Crippen LogP contribution >= 0.6 is 0 Å². The van der Waals surface area contributed by atoms with Gasteiger partial charge in [-0.1, -0.05) is 48.6 Å². The zero-order valence-electron chi connectivity index (χ0n) is 9.62. The minimum absolute atomic E-state index is 0.231. The van der Waals surface area contributed by atoms with Gasteiger partial charge in [0.15, 0.2) is 0 Å². The van der Waals surface area contributed by atoms with Gasteiger partial charge >= 0.3 is 5.79 Å². The summed E-state index contributed by atoms with van der Waals surface area (Å²) >= 11 is 0. The van der Waals surface area contributed by atoms with Crippen molar-refractivity contribution in [1.29, 1.82) is 0 Å². The molecular weight excluding hydrogens is 233 g/mol. The Morgan fingerprint density at radius 3 is 2.56 bits per heavy atom. The summed E-state index contributed by atoms with van der Waals surface area (Å²) in [6, 6.07) is 9.65. The Morgan fingerprint density at radius 1 is 1.28 bits per heavy atom. The lowest BCUT2D eigenvalue weighted by Gasteiger charge is -2.14. The van der Waals surface area contributed by atoms with Crippen LogP contribution in [0.3, 0.4) is 0 Å². The molecule has 0 aromatic heterocycles. The number of benzene rings is 1. The molecule has 0 saturated carbocycles. The minimum Gasteiger partial charge on any atom is -0.261 e. The van der Waals surface area contributed by atoms with E-state index < -0.39 is 10.7 Å². The van der Waals surface area contributed by atoms with E-state index >= 15 is 0 Å². The summed E-state index contributed by atoms with van der Waals surface area (Å²) in [5.74, 6) is -2.45. The molecule has 92 valence electrons. The molecular formula is C14H12FNO2. The first-order valence-corrected chi connectivity index (χ1v) is 5.56. The molecule has 1 atom stereocenters. The van der Waals surface area contributed by atoms with Gasteiger partial charge in [-0.25, -0.2) is 0 Å². The second kappa shape index (κ2) is 4.96. The number of halogens is 1. The number of hydrogen-bond donors (Lipinski definition) is 0. The van der Waals surface area contributed by atoms with E-state index in [1.165, 1.54) is 12.2 Å². The Hall–Kier alpha value is -2.23. The van der Waals surface area contributed by atoms with Crippen molar-refractivity contribution in [1.82, 2.24) is 0 Å². The first kappa shape index (κ1) is 12.2. The van der Waals surface area contributed by atoms with Gasteiger partial charge in [-0.15, -0.1) is 0 Å². The SMILES string of the molecule is O=[N+]([O-])C1(F)C=CC(C=Cc2ccccc2)=CC1. The van der Waals surface area contributed by atoms with Crippen LogP contribution in [0, 0.1) is 10.1 Å². The summed E-state index contributed by atoms with van der Waals surface area (Å²) in [6.07, 6.45) is 7.43. The second-order valence-electron chi connectivity index (χ2n) is 4.06. The highest BCUT2D eigenvalue weighted by Gasteiger charge is 2.40. The van der Waals surface area contributed by atoms with E-state index in [-0.39, 0.29) is 6.42 Å². The van der Waals surface area contributed by atoms with Crippen LogP contribution in [0.2, 0.25) is 0 Å². The minimum atomic E-state index is -2.45. The van der Waals surface area contributed by atoms with Gasteiger partial charge in [0.25, 0.3) is 0 Å². The van der Waals surface area contributed by atoms with E-state index in [4.69, 9.17) is 0 Å². The number of hydrogen-bond acceptors (Lipinski definition) is 2.